The fourth-order valence-electron chi connectivity index (χ4n) is 8.18. The standard InChI is InChI=1S/C52H32O/c1-2-14-34(15-3-1)49-42-18-6-8-20-44(42)50(45-21-9-7-19-43(45)49)38-30-28-35-31-37(29-27-36(35)32-38)40-22-12-26-48-51(40)47-25-11-24-46(52(47)53-48)41-23-10-16-33-13-4-5-17-39(33)41/h1-32H/i27D,28D,29D,30D,31D,32D. The van der Waals surface area contributed by atoms with Crippen molar-refractivity contribution in [1.82, 2.24) is 0 Å². The number of hydrogen-bond acceptors (Lipinski definition) is 1. The molecule has 53 heavy (non-hydrogen) atoms. The Labute approximate surface area is 315 Å². The van der Waals surface area contributed by atoms with Crippen LogP contribution in [-0.2, 0) is 0 Å². The largest absolute Gasteiger partial charge is 0.455 e. The van der Waals surface area contributed by atoms with Crippen molar-refractivity contribution in [2.45, 2.75) is 0 Å². The number of benzene rings is 10. The lowest BCUT2D eigenvalue weighted by atomic mass is 9.85. The highest BCUT2D eigenvalue weighted by Crippen LogP contribution is 2.45. The van der Waals surface area contributed by atoms with Crippen LogP contribution in [0.5, 0.6) is 0 Å². The van der Waals surface area contributed by atoms with Gasteiger partial charge in [-0.05, 0) is 100 Å². The monoisotopic (exact) mass is 678 g/mol. The van der Waals surface area contributed by atoms with E-state index in [1.807, 2.05) is 121 Å². The summed E-state index contributed by atoms with van der Waals surface area (Å²) in [4.78, 5) is 0. The Balaban J connectivity index is 1.18. The van der Waals surface area contributed by atoms with Crippen molar-refractivity contribution in [3.05, 3.63) is 194 Å². The molecule has 1 aromatic heterocycles. The minimum Gasteiger partial charge on any atom is -0.455 e. The molecule has 0 saturated carbocycles. The molecule has 0 bridgehead atoms. The van der Waals surface area contributed by atoms with Gasteiger partial charge in [0.15, 0.2) is 0 Å². The summed E-state index contributed by atoms with van der Waals surface area (Å²) in [5.74, 6) is 0. The number of furan rings is 1. The van der Waals surface area contributed by atoms with Crippen molar-refractivity contribution >= 4 is 65.0 Å². The summed E-state index contributed by atoms with van der Waals surface area (Å²) >= 11 is 0. The number of fused-ring (bicyclic) bond motifs is 7. The number of rotatable bonds is 4. The van der Waals surface area contributed by atoms with Gasteiger partial charge < -0.3 is 4.42 Å². The topological polar surface area (TPSA) is 13.1 Å². The molecule has 0 fully saturated rings. The van der Waals surface area contributed by atoms with Gasteiger partial charge >= 0.3 is 0 Å². The molecule has 0 saturated heterocycles. The van der Waals surface area contributed by atoms with E-state index in [-0.39, 0.29) is 58.2 Å². The Bertz CT molecular complexity index is 3510. The molecule has 1 nitrogen and oxygen atoms in total. The van der Waals surface area contributed by atoms with Crippen molar-refractivity contribution in [2.75, 3.05) is 0 Å². The summed E-state index contributed by atoms with van der Waals surface area (Å²) in [5.41, 5.74) is 6.75. The third-order valence-corrected chi connectivity index (χ3v) is 10.5. The van der Waals surface area contributed by atoms with E-state index >= 15 is 0 Å². The maximum Gasteiger partial charge on any atom is 0.143 e. The van der Waals surface area contributed by atoms with Crippen LogP contribution in [0.3, 0.4) is 0 Å². The average molecular weight is 679 g/mol. The summed E-state index contributed by atoms with van der Waals surface area (Å²) in [7, 11) is 0. The van der Waals surface area contributed by atoms with Gasteiger partial charge in [0.05, 0.1) is 8.22 Å². The molecule has 0 spiro atoms. The summed E-state index contributed by atoms with van der Waals surface area (Å²) in [6, 6.07) is 50.7. The van der Waals surface area contributed by atoms with E-state index in [0.717, 1.165) is 60.0 Å². The van der Waals surface area contributed by atoms with Crippen LogP contribution < -0.4 is 0 Å². The Morgan fingerprint density at radius 1 is 0.340 bits per heavy atom. The number of para-hydroxylation sites is 1. The molecule has 11 rings (SSSR count). The lowest BCUT2D eigenvalue weighted by Crippen LogP contribution is -1.90. The van der Waals surface area contributed by atoms with E-state index in [9.17, 15) is 8.22 Å². The molecule has 0 aliphatic carbocycles. The van der Waals surface area contributed by atoms with Crippen LogP contribution in [0.4, 0.5) is 0 Å². The van der Waals surface area contributed by atoms with Gasteiger partial charge in [0, 0.05) is 16.3 Å². The van der Waals surface area contributed by atoms with Crippen molar-refractivity contribution in [3.8, 4) is 44.5 Å². The zero-order chi connectivity index (χ0) is 40.1. The average Bonchev–Trinajstić information content (AvgIpc) is 3.66. The zero-order valence-corrected chi connectivity index (χ0v) is 28.4. The summed E-state index contributed by atoms with van der Waals surface area (Å²) in [6.45, 7) is 0. The Morgan fingerprint density at radius 3 is 1.58 bits per heavy atom. The third kappa shape index (κ3) is 4.64. The van der Waals surface area contributed by atoms with Crippen LogP contribution in [0, 0.1) is 0 Å². The van der Waals surface area contributed by atoms with Crippen LogP contribution in [-0.4, -0.2) is 0 Å². The van der Waals surface area contributed by atoms with Crippen LogP contribution in [0.2, 0.25) is 0 Å². The van der Waals surface area contributed by atoms with Crippen LogP contribution in [0.25, 0.3) is 110 Å². The molecule has 0 atom stereocenters. The van der Waals surface area contributed by atoms with Gasteiger partial charge in [0.1, 0.15) is 11.2 Å². The molecular formula is C52H32O. The van der Waals surface area contributed by atoms with Gasteiger partial charge in [-0.2, -0.15) is 0 Å². The summed E-state index contributed by atoms with van der Waals surface area (Å²) < 4.78 is 64.2. The maximum absolute atomic E-state index is 9.76. The van der Waals surface area contributed by atoms with E-state index in [1.54, 1.807) is 0 Å². The first-order chi connectivity index (χ1) is 28.8. The Hall–Kier alpha value is -6.96. The summed E-state index contributed by atoms with van der Waals surface area (Å²) in [6.07, 6.45) is 0. The van der Waals surface area contributed by atoms with E-state index < -0.39 is 0 Å². The second-order valence-electron chi connectivity index (χ2n) is 13.4. The normalized spacial score (nSPS) is 13.4. The van der Waals surface area contributed by atoms with Crippen molar-refractivity contribution in [3.63, 3.8) is 0 Å². The van der Waals surface area contributed by atoms with Crippen LogP contribution in [0.1, 0.15) is 8.22 Å². The third-order valence-electron chi connectivity index (χ3n) is 10.5. The minimum absolute atomic E-state index is 0.00974. The van der Waals surface area contributed by atoms with Crippen LogP contribution >= 0.6 is 0 Å². The molecule has 0 aliphatic heterocycles. The first kappa shape index (κ1) is 24.3. The van der Waals surface area contributed by atoms with Crippen molar-refractivity contribution in [2.24, 2.45) is 0 Å². The zero-order valence-electron chi connectivity index (χ0n) is 34.4. The molecule has 246 valence electrons. The Kier molecular flexibility index (Phi) is 5.40. The van der Waals surface area contributed by atoms with Gasteiger partial charge in [-0.3, -0.25) is 0 Å². The van der Waals surface area contributed by atoms with Crippen LogP contribution in [0.15, 0.2) is 198 Å². The predicted octanol–water partition coefficient (Wildman–Crippen LogP) is 14.9. The molecule has 1 heteroatoms. The van der Waals surface area contributed by atoms with E-state index in [4.69, 9.17) is 4.42 Å². The van der Waals surface area contributed by atoms with E-state index in [1.165, 1.54) is 0 Å². The van der Waals surface area contributed by atoms with Gasteiger partial charge in [0.2, 0.25) is 0 Å². The van der Waals surface area contributed by atoms with E-state index in [0.29, 0.717) is 27.7 Å². The van der Waals surface area contributed by atoms with Gasteiger partial charge in [0.25, 0.3) is 0 Å². The second kappa shape index (κ2) is 11.8. The molecule has 0 aliphatic rings. The molecular weight excluding hydrogens is 641 g/mol. The van der Waals surface area contributed by atoms with E-state index in [2.05, 4.69) is 36.4 Å². The molecule has 0 radical (unpaired) electrons. The molecule has 0 amide bonds. The maximum atomic E-state index is 9.76. The van der Waals surface area contributed by atoms with Gasteiger partial charge in [-0.1, -0.05) is 176 Å². The van der Waals surface area contributed by atoms with Gasteiger partial charge in [-0.25, -0.2) is 0 Å². The lowest BCUT2D eigenvalue weighted by Gasteiger charge is -2.18. The van der Waals surface area contributed by atoms with Crippen molar-refractivity contribution < 1.29 is 12.6 Å². The number of hydrogen-bond donors (Lipinski definition) is 0. The highest BCUT2D eigenvalue weighted by molar-refractivity contribution is 6.22. The van der Waals surface area contributed by atoms with Crippen molar-refractivity contribution in [1.29, 1.82) is 0 Å². The smallest absolute Gasteiger partial charge is 0.143 e. The highest BCUT2D eigenvalue weighted by atomic mass is 16.3. The quantitative estimate of drug-likeness (QED) is 0.169. The first-order valence-electron chi connectivity index (χ1n) is 20.8. The first-order valence-corrected chi connectivity index (χ1v) is 17.8. The lowest BCUT2D eigenvalue weighted by molar-refractivity contribution is 0.670. The highest BCUT2D eigenvalue weighted by Gasteiger charge is 2.19. The molecule has 10 aromatic carbocycles. The summed E-state index contributed by atoms with van der Waals surface area (Å²) in [5, 5.41) is 7.22. The molecule has 1 heterocycles. The molecule has 11 aromatic rings. The fourth-order valence-corrected chi connectivity index (χ4v) is 8.18. The Morgan fingerprint density at radius 2 is 0.849 bits per heavy atom. The SMILES string of the molecule is [2H]c1c(-c2cccc3oc4c(-c5cccc6ccccc56)cccc4c23)c([2H])c2c([2H])c([2H])c(-c3c4ccccc4c(-c4ccccc4)c4ccccc34)c([2H])c2c1[2H]. The molecule has 0 unspecified atom stereocenters. The second-order valence-corrected chi connectivity index (χ2v) is 13.4. The predicted molar refractivity (Wildman–Crippen MR) is 225 cm³/mol. The minimum atomic E-state index is -0.262. The van der Waals surface area contributed by atoms with Gasteiger partial charge in [-0.15, -0.1) is 0 Å². The fraction of sp³-hybridized carbons (Fsp3) is 0. The molecule has 0 N–H and O–H groups in total.